The van der Waals surface area contributed by atoms with Crippen molar-refractivity contribution in [2.24, 2.45) is 0 Å². The summed E-state index contributed by atoms with van der Waals surface area (Å²) < 4.78 is 4.74. The molecule has 0 aromatic carbocycles. The first kappa shape index (κ1) is 7.65. The molecule has 1 aromatic rings. The van der Waals surface area contributed by atoms with Gasteiger partial charge in [-0.1, -0.05) is 0 Å². The van der Waals surface area contributed by atoms with Gasteiger partial charge in [-0.05, 0) is 0 Å². The minimum absolute atomic E-state index is 0.313. The predicted octanol–water partition coefficient (Wildman–Crippen LogP) is 0.823. The van der Waals surface area contributed by atoms with Crippen LogP contribution in [0.25, 0.3) is 0 Å². The van der Waals surface area contributed by atoms with Gasteiger partial charge in [-0.25, -0.2) is 4.98 Å². The summed E-state index contributed by atoms with van der Waals surface area (Å²) in [4.78, 5) is 3.92. The smallest absolute Gasteiger partial charge is 0.129 e. The topological polar surface area (TPSA) is 42.4 Å². The third-order valence-corrected chi connectivity index (χ3v) is 1.94. The van der Waals surface area contributed by atoms with Gasteiger partial charge in [-0.2, -0.15) is 0 Å². The summed E-state index contributed by atoms with van der Waals surface area (Å²) >= 11 is 1.43. The molecule has 0 aliphatic heterocycles. The van der Waals surface area contributed by atoms with Crippen LogP contribution in [0.4, 0.5) is 0 Å². The largest absolute Gasteiger partial charge is 0.383 e. The molecule has 0 saturated heterocycles. The maximum Gasteiger partial charge on any atom is 0.129 e. The maximum absolute atomic E-state index is 9.23. The van der Waals surface area contributed by atoms with Crippen molar-refractivity contribution in [1.82, 2.24) is 4.98 Å². The SMILES string of the molecule is COC[C@H](O)c1nccs1. The van der Waals surface area contributed by atoms with Crippen molar-refractivity contribution in [2.75, 3.05) is 13.7 Å². The first-order valence-corrected chi connectivity index (χ1v) is 3.79. The van der Waals surface area contributed by atoms with Gasteiger partial charge in [0.25, 0.3) is 0 Å². The van der Waals surface area contributed by atoms with Crippen LogP contribution in [0.3, 0.4) is 0 Å². The van der Waals surface area contributed by atoms with Crippen molar-refractivity contribution in [3.8, 4) is 0 Å². The van der Waals surface area contributed by atoms with Crippen molar-refractivity contribution in [1.29, 1.82) is 0 Å². The lowest BCUT2D eigenvalue weighted by Crippen LogP contribution is -2.03. The highest BCUT2D eigenvalue weighted by Crippen LogP contribution is 2.14. The molecule has 1 N–H and O–H groups in total. The van der Waals surface area contributed by atoms with Gasteiger partial charge in [0.05, 0.1) is 6.61 Å². The fourth-order valence-electron chi connectivity index (χ4n) is 0.628. The van der Waals surface area contributed by atoms with Crippen LogP contribution in [-0.4, -0.2) is 23.8 Å². The third kappa shape index (κ3) is 1.76. The van der Waals surface area contributed by atoms with Gasteiger partial charge >= 0.3 is 0 Å². The van der Waals surface area contributed by atoms with Gasteiger partial charge in [0.15, 0.2) is 0 Å². The first-order chi connectivity index (χ1) is 4.84. The molecule has 3 nitrogen and oxygen atoms in total. The van der Waals surface area contributed by atoms with Gasteiger partial charge in [-0.3, -0.25) is 0 Å². The lowest BCUT2D eigenvalue weighted by molar-refractivity contribution is 0.0642. The van der Waals surface area contributed by atoms with E-state index in [-0.39, 0.29) is 0 Å². The van der Waals surface area contributed by atoms with Crippen molar-refractivity contribution in [3.63, 3.8) is 0 Å². The second-order valence-electron chi connectivity index (χ2n) is 1.84. The van der Waals surface area contributed by atoms with Crippen LogP contribution in [0, 0.1) is 0 Å². The number of methoxy groups -OCH3 is 1. The number of aliphatic hydroxyl groups excluding tert-OH is 1. The Balaban J connectivity index is 2.50. The molecule has 0 unspecified atom stereocenters. The van der Waals surface area contributed by atoms with Gasteiger partial charge in [0.2, 0.25) is 0 Å². The van der Waals surface area contributed by atoms with Gasteiger partial charge < -0.3 is 9.84 Å². The highest BCUT2D eigenvalue weighted by Gasteiger charge is 2.07. The number of rotatable bonds is 3. The number of nitrogens with zero attached hydrogens (tertiary/aromatic N) is 1. The molecule has 56 valence electrons. The van der Waals surface area contributed by atoms with Crippen LogP contribution < -0.4 is 0 Å². The minimum atomic E-state index is -0.565. The van der Waals surface area contributed by atoms with Crippen LogP contribution in [0.1, 0.15) is 11.1 Å². The monoisotopic (exact) mass is 159 g/mol. The Labute approximate surface area is 63.3 Å². The molecular formula is C6H9NO2S. The van der Waals surface area contributed by atoms with E-state index in [1.54, 1.807) is 13.3 Å². The summed E-state index contributed by atoms with van der Waals surface area (Å²) in [7, 11) is 1.55. The van der Waals surface area contributed by atoms with E-state index in [1.807, 2.05) is 5.38 Å². The second-order valence-corrected chi connectivity index (χ2v) is 2.77. The zero-order valence-electron chi connectivity index (χ0n) is 5.65. The first-order valence-electron chi connectivity index (χ1n) is 2.91. The van der Waals surface area contributed by atoms with Crippen molar-refractivity contribution < 1.29 is 9.84 Å². The average Bonchev–Trinajstić information content (AvgIpc) is 2.38. The van der Waals surface area contributed by atoms with E-state index >= 15 is 0 Å². The quantitative estimate of drug-likeness (QED) is 0.710. The van der Waals surface area contributed by atoms with Gasteiger partial charge in [0.1, 0.15) is 11.1 Å². The Morgan fingerprint density at radius 3 is 3.20 bits per heavy atom. The minimum Gasteiger partial charge on any atom is -0.383 e. The molecule has 1 heterocycles. The molecule has 10 heavy (non-hydrogen) atoms. The van der Waals surface area contributed by atoms with E-state index in [2.05, 4.69) is 4.98 Å². The van der Waals surface area contributed by atoms with E-state index in [1.165, 1.54) is 11.3 Å². The Hall–Kier alpha value is -0.450. The molecule has 0 radical (unpaired) electrons. The Morgan fingerprint density at radius 2 is 2.70 bits per heavy atom. The fraction of sp³-hybridized carbons (Fsp3) is 0.500. The molecular weight excluding hydrogens is 150 g/mol. The highest BCUT2D eigenvalue weighted by atomic mass is 32.1. The fourth-order valence-corrected chi connectivity index (χ4v) is 1.24. The molecule has 0 bridgehead atoms. The number of ether oxygens (including phenoxy) is 1. The normalized spacial score (nSPS) is 13.4. The zero-order chi connectivity index (χ0) is 7.40. The van der Waals surface area contributed by atoms with Crippen molar-refractivity contribution >= 4 is 11.3 Å². The van der Waals surface area contributed by atoms with Crippen molar-refractivity contribution in [3.05, 3.63) is 16.6 Å². The van der Waals surface area contributed by atoms with E-state index in [0.29, 0.717) is 11.6 Å². The standard InChI is InChI=1S/C6H9NO2S/c1-9-4-5(8)6-7-2-3-10-6/h2-3,5,8H,4H2,1H3/t5-/m0/s1. The number of aromatic nitrogens is 1. The average molecular weight is 159 g/mol. The van der Waals surface area contributed by atoms with Crippen molar-refractivity contribution in [2.45, 2.75) is 6.10 Å². The maximum atomic E-state index is 9.23. The Kier molecular flexibility index (Phi) is 2.80. The number of aliphatic hydroxyl groups is 1. The number of thiazole rings is 1. The Bertz CT molecular complexity index is 176. The highest BCUT2D eigenvalue weighted by molar-refractivity contribution is 7.09. The van der Waals surface area contributed by atoms with E-state index in [4.69, 9.17) is 4.74 Å². The second kappa shape index (κ2) is 3.65. The van der Waals surface area contributed by atoms with Crippen LogP contribution in [0.2, 0.25) is 0 Å². The molecule has 1 aromatic heterocycles. The van der Waals surface area contributed by atoms with E-state index < -0.39 is 6.10 Å². The lowest BCUT2D eigenvalue weighted by Gasteiger charge is -2.03. The third-order valence-electron chi connectivity index (χ3n) is 1.06. The molecule has 0 saturated carbocycles. The molecule has 0 aliphatic rings. The summed E-state index contributed by atoms with van der Waals surface area (Å²) in [5.74, 6) is 0. The zero-order valence-corrected chi connectivity index (χ0v) is 6.47. The summed E-state index contributed by atoms with van der Waals surface area (Å²) in [5, 5.41) is 11.8. The van der Waals surface area contributed by atoms with Gasteiger partial charge in [0, 0.05) is 18.7 Å². The van der Waals surface area contributed by atoms with Crippen LogP contribution in [0.5, 0.6) is 0 Å². The van der Waals surface area contributed by atoms with E-state index in [9.17, 15) is 5.11 Å². The van der Waals surface area contributed by atoms with Crippen LogP contribution in [-0.2, 0) is 4.74 Å². The molecule has 1 rings (SSSR count). The summed E-state index contributed by atoms with van der Waals surface area (Å²) in [5.41, 5.74) is 0. The molecule has 4 heteroatoms. The Morgan fingerprint density at radius 1 is 1.90 bits per heavy atom. The van der Waals surface area contributed by atoms with E-state index in [0.717, 1.165) is 0 Å². The van der Waals surface area contributed by atoms with Crippen LogP contribution >= 0.6 is 11.3 Å². The summed E-state index contributed by atoms with van der Waals surface area (Å²) in [6.45, 7) is 0.313. The molecule has 0 spiro atoms. The summed E-state index contributed by atoms with van der Waals surface area (Å²) in [6, 6.07) is 0. The molecule has 0 aliphatic carbocycles. The molecule has 0 fully saturated rings. The summed E-state index contributed by atoms with van der Waals surface area (Å²) in [6.07, 6.45) is 1.10. The lowest BCUT2D eigenvalue weighted by atomic mass is 10.4. The van der Waals surface area contributed by atoms with Crippen LogP contribution in [0.15, 0.2) is 11.6 Å². The molecule has 1 atom stereocenters. The number of hydrogen-bond acceptors (Lipinski definition) is 4. The number of hydrogen-bond donors (Lipinski definition) is 1. The molecule has 0 amide bonds. The predicted molar refractivity (Wildman–Crippen MR) is 38.9 cm³/mol. The van der Waals surface area contributed by atoms with Gasteiger partial charge in [-0.15, -0.1) is 11.3 Å².